The summed E-state index contributed by atoms with van der Waals surface area (Å²) in [7, 11) is 0. The Morgan fingerprint density at radius 2 is 2.26 bits per heavy atom. The predicted molar refractivity (Wildman–Crippen MR) is 75.1 cm³/mol. The Morgan fingerprint density at radius 1 is 1.53 bits per heavy atom. The van der Waals surface area contributed by atoms with Crippen molar-refractivity contribution in [2.24, 2.45) is 0 Å². The molecule has 5 heteroatoms. The predicted octanol–water partition coefficient (Wildman–Crippen LogP) is 2.20. The van der Waals surface area contributed by atoms with E-state index in [4.69, 9.17) is 0 Å². The molecule has 1 unspecified atom stereocenters. The largest absolute Gasteiger partial charge is 0.480 e. The quantitative estimate of drug-likeness (QED) is 0.673. The minimum atomic E-state index is -0.806. The maximum absolute atomic E-state index is 11.3. The molecule has 1 aromatic heterocycles. The molecular weight excluding hydrogens is 242 g/mol. The van der Waals surface area contributed by atoms with Gasteiger partial charge in [-0.2, -0.15) is 0 Å². The molecule has 0 amide bonds. The van der Waals surface area contributed by atoms with Gasteiger partial charge in [0.15, 0.2) is 0 Å². The number of carbonyl (C=O) groups is 1. The van der Waals surface area contributed by atoms with E-state index in [1.807, 2.05) is 20.0 Å². The van der Waals surface area contributed by atoms with E-state index in [2.05, 4.69) is 14.9 Å². The van der Waals surface area contributed by atoms with Gasteiger partial charge in [0.2, 0.25) is 0 Å². The smallest absolute Gasteiger partial charge is 0.323 e. The highest BCUT2D eigenvalue weighted by Crippen LogP contribution is 2.15. The van der Waals surface area contributed by atoms with Crippen molar-refractivity contribution in [3.63, 3.8) is 0 Å². The van der Waals surface area contributed by atoms with Crippen LogP contribution in [-0.4, -0.2) is 32.7 Å². The molecule has 5 nitrogen and oxygen atoms in total. The first-order valence-corrected chi connectivity index (χ1v) is 6.96. The summed E-state index contributed by atoms with van der Waals surface area (Å²) in [6, 6.07) is 0. The Bertz CT molecular complexity index is 403. The molecule has 1 aromatic rings. The number of nitrogens with zero attached hydrogens (tertiary/aromatic N) is 2. The van der Waals surface area contributed by atoms with Crippen LogP contribution in [0.4, 0.5) is 0 Å². The number of rotatable bonds is 9. The van der Waals surface area contributed by atoms with Crippen LogP contribution < -0.4 is 5.32 Å². The van der Waals surface area contributed by atoms with Gasteiger partial charge >= 0.3 is 5.97 Å². The second-order valence-electron chi connectivity index (χ2n) is 5.19. The molecule has 0 radical (unpaired) electrons. The highest BCUT2D eigenvalue weighted by atomic mass is 16.4. The van der Waals surface area contributed by atoms with Gasteiger partial charge in [-0.25, -0.2) is 4.98 Å². The van der Waals surface area contributed by atoms with Crippen molar-refractivity contribution in [3.05, 3.63) is 18.2 Å². The van der Waals surface area contributed by atoms with Crippen molar-refractivity contribution >= 4 is 5.97 Å². The molecular formula is C14H25N3O2. The van der Waals surface area contributed by atoms with Crippen molar-refractivity contribution in [2.75, 3.05) is 6.54 Å². The Hall–Kier alpha value is -1.36. The standard InChI is InChI=1S/C14H25N3O2/c1-4-8-16-14(3,13(18)19)7-5-6-10-17-11-9-15-12(17)2/h9,11,16H,4-8,10H2,1-3H3,(H,18,19). The van der Waals surface area contributed by atoms with Crippen molar-refractivity contribution in [1.82, 2.24) is 14.9 Å². The summed E-state index contributed by atoms with van der Waals surface area (Å²) in [5.41, 5.74) is -0.806. The van der Waals surface area contributed by atoms with E-state index in [1.165, 1.54) is 0 Å². The lowest BCUT2D eigenvalue weighted by Gasteiger charge is -2.26. The minimum absolute atomic E-state index is 0.649. The summed E-state index contributed by atoms with van der Waals surface area (Å²) >= 11 is 0. The van der Waals surface area contributed by atoms with Gasteiger partial charge < -0.3 is 15.0 Å². The molecule has 0 bridgehead atoms. The first-order chi connectivity index (χ1) is 8.99. The molecule has 0 spiro atoms. The fourth-order valence-corrected chi connectivity index (χ4v) is 2.07. The third-order valence-corrected chi connectivity index (χ3v) is 3.49. The molecule has 108 valence electrons. The number of carboxylic acid groups (broad SMARTS) is 1. The van der Waals surface area contributed by atoms with Crippen molar-refractivity contribution in [2.45, 2.75) is 58.5 Å². The minimum Gasteiger partial charge on any atom is -0.480 e. The molecule has 19 heavy (non-hydrogen) atoms. The molecule has 0 saturated heterocycles. The number of hydrogen-bond donors (Lipinski definition) is 2. The highest BCUT2D eigenvalue weighted by Gasteiger charge is 2.31. The van der Waals surface area contributed by atoms with Crippen LogP contribution in [0.3, 0.4) is 0 Å². The molecule has 1 atom stereocenters. The van der Waals surface area contributed by atoms with Gasteiger partial charge in [0.05, 0.1) is 0 Å². The summed E-state index contributed by atoms with van der Waals surface area (Å²) in [4.78, 5) is 15.5. The van der Waals surface area contributed by atoms with E-state index < -0.39 is 11.5 Å². The zero-order valence-electron chi connectivity index (χ0n) is 12.1. The Labute approximate surface area is 115 Å². The first kappa shape index (κ1) is 15.7. The van der Waals surface area contributed by atoms with E-state index in [9.17, 15) is 9.90 Å². The summed E-state index contributed by atoms with van der Waals surface area (Å²) < 4.78 is 2.09. The van der Waals surface area contributed by atoms with Gasteiger partial charge in [-0.3, -0.25) is 4.79 Å². The zero-order chi connectivity index (χ0) is 14.3. The topological polar surface area (TPSA) is 67.2 Å². The maximum atomic E-state index is 11.3. The summed E-state index contributed by atoms with van der Waals surface area (Å²) in [5, 5.41) is 12.4. The average Bonchev–Trinajstić information content (AvgIpc) is 2.78. The number of carboxylic acids is 1. The molecule has 0 aliphatic rings. The fourth-order valence-electron chi connectivity index (χ4n) is 2.07. The number of aliphatic carboxylic acids is 1. The molecule has 0 fully saturated rings. The normalized spacial score (nSPS) is 14.3. The Balaban J connectivity index is 2.36. The summed E-state index contributed by atoms with van der Waals surface area (Å²) in [6.45, 7) is 7.42. The van der Waals surface area contributed by atoms with Gasteiger partial charge in [-0.15, -0.1) is 0 Å². The van der Waals surface area contributed by atoms with E-state index in [0.29, 0.717) is 6.42 Å². The first-order valence-electron chi connectivity index (χ1n) is 6.96. The van der Waals surface area contributed by atoms with Crippen LogP contribution in [0.1, 0.15) is 45.4 Å². The Kier molecular flexibility index (Phi) is 6.02. The maximum Gasteiger partial charge on any atom is 0.323 e. The third kappa shape index (κ3) is 4.67. The molecule has 0 aromatic carbocycles. The van der Waals surface area contributed by atoms with E-state index in [1.54, 1.807) is 13.1 Å². The molecule has 0 saturated carbocycles. The molecule has 2 N–H and O–H groups in total. The fraction of sp³-hybridized carbons (Fsp3) is 0.714. The van der Waals surface area contributed by atoms with Crippen molar-refractivity contribution < 1.29 is 9.90 Å². The van der Waals surface area contributed by atoms with Crippen LogP contribution in [0.2, 0.25) is 0 Å². The van der Waals surface area contributed by atoms with Crippen LogP contribution in [0.25, 0.3) is 0 Å². The number of aromatic nitrogens is 2. The van der Waals surface area contributed by atoms with Gasteiger partial charge in [0.1, 0.15) is 11.4 Å². The van der Waals surface area contributed by atoms with Crippen LogP contribution in [-0.2, 0) is 11.3 Å². The lowest BCUT2D eigenvalue weighted by atomic mass is 9.94. The monoisotopic (exact) mass is 267 g/mol. The number of unbranched alkanes of at least 4 members (excludes halogenated alkanes) is 1. The average molecular weight is 267 g/mol. The van der Waals surface area contributed by atoms with Crippen LogP contribution in [0.15, 0.2) is 12.4 Å². The van der Waals surface area contributed by atoms with Gasteiger partial charge in [-0.05, 0) is 46.1 Å². The Morgan fingerprint density at radius 3 is 2.79 bits per heavy atom. The van der Waals surface area contributed by atoms with E-state index in [-0.39, 0.29) is 0 Å². The SMILES string of the molecule is CCCNC(C)(CCCCn1ccnc1C)C(=O)O. The van der Waals surface area contributed by atoms with Crippen LogP contribution >= 0.6 is 0 Å². The lowest BCUT2D eigenvalue weighted by molar-refractivity contribution is -0.144. The van der Waals surface area contributed by atoms with E-state index in [0.717, 1.165) is 38.2 Å². The number of imidazole rings is 1. The van der Waals surface area contributed by atoms with Gasteiger partial charge in [-0.1, -0.05) is 6.92 Å². The second-order valence-corrected chi connectivity index (χ2v) is 5.19. The van der Waals surface area contributed by atoms with Crippen molar-refractivity contribution in [3.8, 4) is 0 Å². The second kappa shape index (κ2) is 7.28. The molecule has 1 rings (SSSR count). The summed E-state index contributed by atoms with van der Waals surface area (Å²) in [6.07, 6.45) is 7.19. The number of hydrogen-bond acceptors (Lipinski definition) is 3. The van der Waals surface area contributed by atoms with Crippen molar-refractivity contribution in [1.29, 1.82) is 0 Å². The van der Waals surface area contributed by atoms with Gasteiger partial charge in [0.25, 0.3) is 0 Å². The highest BCUT2D eigenvalue weighted by molar-refractivity contribution is 5.78. The third-order valence-electron chi connectivity index (χ3n) is 3.49. The lowest BCUT2D eigenvalue weighted by Crippen LogP contribution is -2.49. The molecule has 0 aliphatic carbocycles. The molecule has 1 heterocycles. The molecule has 0 aliphatic heterocycles. The summed E-state index contributed by atoms with van der Waals surface area (Å²) in [5.74, 6) is 0.241. The number of aryl methyl sites for hydroxylation is 2. The van der Waals surface area contributed by atoms with Gasteiger partial charge in [0, 0.05) is 18.9 Å². The van der Waals surface area contributed by atoms with Crippen LogP contribution in [0, 0.1) is 6.92 Å². The van der Waals surface area contributed by atoms with E-state index >= 15 is 0 Å². The van der Waals surface area contributed by atoms with Crippen LogP contribution in [0.5, 0.6) is 0 Å². The zero-order valence-corrected chi connectivity index (χ0v) is 12.1. The number of nitrogens with one attached hydrogen (secondary N) is 1.